The van der Waals surface area contributed by atoms with E-state index in [9.17, 15) is 19.7 Å². The number of fused-ring (bicyclic) bond motifs is 1. The first kappa shape index (κ1) is 23.0. The predicted molar refractivity (Wildman–Crippen MR) is 130 cm³/mol. The Bertz CT molecular complexity index is 1210. The van der Waals surface area contributed by atoms with Crippen molar-refractivity contribution in [1.82, 2.24) is 10.6 Å². The second kappa shape index (κ2) is 10.2. The number of nitrogens with zero attached hydrogens (tertiary/aromatic N) is 2. The van der Waals surface area contributed by atoms with Gasteiger partial charge in [-0.15, -0.1) is 0 Å². The first-order valence-electron chi connectivity index (χ1n) is 11.1. The lowest BCUT2D eigenvalue weighted by atomic mass is 10.1. The van der Waals surface area contributed by atoms with Crippen LogP contribution in [0.4, 0.5) is 11.4 Å². The maximum Gasteiger partial charge on any atom is 0.270 e. The lowest BCUT2D eigenvalue weighted by molar-refractivity contribution is -0.384. The molecule has 4 rings (SSSR count). The molecule has 3 aromatic carbocycles. The molecule has 8 nitrogen and oxygen atoms in total. The van der Waals surface area contributed by atoms with Crippen LogP contribution in [-0.4, -0.2) is 29.3 Å². The van der Waals surface area contributed by atoms with E-state index in [-0.39, 0.29) is 17.2 Å². The molecular formula is C26H26N4O4. The molecule has 0 aromatic heterocycles. The molecule has 2 N–H and O–H groups in total. The Kier molecular flexibility index (Phi) is 6.87. The third-order valence-corrected chi connectivity index (χ3v) is 5.91. The first-order chi connectivity index (χ1) is 16.4. The van der Waals surface area contributed by atoms with Crippen LogP contribution >= 0.6 is 0 Å². The monoisotopic (exact) mass is 458 g/mol. The molecule has 0 saturated carbocycles. The zero-order valence-electron chi connectivity index (χ0n) is 18.9. The fourth-order valence-electron chi connectivity index (χ4n) is 4.00. The Morgan fingerprint density at radius 3 is 2.53 bits per heavy atom. The summed E-state index contributed by atoms with van der Waals surface area (Å²) in [6.45, 7) is 3.76. The Hall–Kier alpha value is -4.20. The van der Waals surface area contributed by atoms with E-state index in [0.29, 0.717) is 6.54 Å². The van der Waals surface area contributed by atoms with Gasteiger partial charge in [-0.25, -0.2) is 0 Å². The van der Waals surface area contributed by atoms with Crippen molar-refractivity contribution in [2.45, 2.75) is 32.5 Å². The zero-order valence-corrected chi connectivity index (χ0v) is 18.9. The highest BCUT2D eigenvalue weighted by atomic mass is 16.6. The summed E-state index contributed by atoms with van der Waals surface area (Å²) in [5.41, 5.74) is 4.78. The molecule has 1 unspecified atom stereocenters. The number of nitro benzene ring substituents is 1. The summed E-state index contributed by atoms with van der Waals surface area (Å²) in [5, 5.41) is 16.3. The Balaban J connectivity index is 1.27. The van der Waals surface area contributed by atoms with Crippen molar-refractivity contribution in [3.8, 4) is 0 Å². The minimum Gasteiger partial charge on any atom is -0.367 e. The number of hydrogen-bond donors (Lipinski definition) is 2. The van der Waals surface area contributed by atoms with Gasteiger partial charge in [0.25, 0.3) is 11.6 Å². The molecule has 0 spiro atoms. The molecule has 0 aliphatic carbocycles. The Morgan fingerprint density at radius 2 is 1.76 bits per heavy atom. The number of nitrogens with one attached hydrogen (secondary N) is 2. The molecule has 0 fully saturated rings. The number of carbonyl (C=O) groups excluding carboxylic acids is 2. The second-order valence-corrected chi connectivity index (χ2v) is 8.34. The smallest absolute Gasteiger partial charge is 0.270 e. The third kappa shape index (κ3) is 5.40. The molecule has 34 heavy (non-hydrogen) atoms. The van der Waals surface area contributed by atoms with E-state index in [0.717, 1.165) is 25.1 Å². The van der Waals surface area contributed by atoms with Crippen molar-refractivity contribution in [2.75, 3.05) is 11.4 Å². The molecule has 0 radical (unpaired) electrons. The fourth-order valence-corrected chi connectivity index (χ4v) is 4.00. The number of carbonyl (C=O) groups is 2. The standard InChI is InChI=1S/C26H26N4O4/c1-18(28-26(32)22-6-4-7-23(15-22)30(33)34)25(31)27-16-19-9-11-20(12-10-19)17-29-14-13-21-5-2-3-8-24(21)29/h2-12,15,18H,13-14,16-17H2,1H3,(H,27,31)(H,28,32). The van der Waals surface area contributed by atoms with Crippen LogP contribution in [0.25, 0.3) is 0 Å². The number of rotatable bonds is 8. The topological polar surface area (TPSA) is 105 Å². The number of amides is 2. The van der Waals surface area contributed by atoms with Crippen LogP contribution in [0.5, 0.6) is 0 Å². The second-order valence-electron chi connectivity index (χ2n) is 8.34. The molecule has 2 amide bonds. The zero-order chi connectivity index (χ0) is 24.1. The maximum absolute atomic E-state index is 12.4. The third-order valence-electron chi connectivity index (χ3n) is 5.91. The summed E-state index contributed by atoms with van der Waals surface area (Å²) in [4.78, 5) is 37.5. The summed E-state index contributed by atoms with van der Waals surface area (Å²) in [7, 11) is 0. The molecule has 174 valence electrons. The minimum atomic E-state index is -0.790. The average Bonchev–Trinajstić information content (AvgIpc) is 3.26. The van der Waals surface area contributed by atoms with Gasteiger partial charge in [-0.1, -0.05) is 48.5 Å². The largest absolute Gasteiger partial charge is 0.367 e. The summed E-state index contributed by atoms with van der Waals surface area (Å²) >= 11 is 0. The van der Waals surface area contributed by atoms with Gasteiger partial charge in [-0.05, 0) is 42.2 Å². The Morgan fingerprint density at radius 1 is 1.03 bits per heavy atom. The SMILES string of the molecule is CC(NC(=O)c1cccc([N+](=O)[O-])c1)C(=O)NCc1ccc(CN2CCc3ccccc32)cc1. The van der Waals surface area contributed by atoms with Gasteiger partial charge in [0.15, 0.2) is 0 Å². The van der Waals surface area contributed by atoms with Gasteiger partial charge in [-0.2, -0.15) is 0 Å². The van der Waals surface area contributed by atoms with Crippen molar-refractivity contribution >= 4 is 23.2 Å². The van der Waals surface area contributed by atoms with Gasteiger partial charge in [-0.3, -0.25) is 19.7 Å². The Labute approximate surface area is 197 Å². The van der Waals surface area contributed by atoms with Gasteiger partial charge in [0.2, 0.25) is 5.91 Å². The van der Waals surface area contributed by atoms with Crippen molar-refractivity contribution in [3.63, 3.8) is 0 Å². The van der Waals surface area contributed by atoms with E-state index < -0.39 is 16.9 Å². The minimum absolute atomic E-state index is 0.130. The van der Waals surface area contributed by atoms with E-state index >= 15 is 0 Å². The summed E-state index contributed by atoms with van der Waals surface area (Å²) in [6.07, 6.45) is 1.07. The van der Waals surface area contributed by atoms with E-state index in [2.05, 4.69) is 51.9 Å². The number of non-ortho nitro benzene ring substituents is 1. The van der Waals surface area contributed by atoms with E-state index in [4.69, 9.17) is 0 Å². The van der Waals surface area contributed by atoms with Crippen LogP contribution in [0.3, 0.4) is 0 Å². The maximum atomic E-state index is 12.4. The lowest BCUT2D eigenvalue weighted by Crippen LogP contribution is -2.44. The predicted octanol–water partition coefficient (Wildman–Crippen LogP) is 3.59. The number of para-hydroxylation sites is 1. The van der Waals surface area contributed by atoms with Crippen LogP contribution in [0, 0.1) is 10.1 Å². The molecule has 1 aliphatic heterocycles. The number of hydrogen-bond acceptors (Lipinski definition) is 5. The van der Waals surface area contributed by atoms with Gasteiger partial charge < -0.3 is 15.5 Å². The summed E-state index contributed by atoms with van der Waals surface area (Å²) < 4.78 is 0. The average molecular weight is 459 g/mol. The van der Waals surface area contributed by atoms with E-state index in [1.807, 2.05) is 12.1 Å². The van der Waals surface area contributed by atoms with Crippen molar-refractivity contribution < 1.29 is 14.5 Å². The van der Waals surface area contributed by atoms with Crippen LogP contribution in [0.2, 0.25) is 0 Å². The van der Waals surface area contributed by atoms with Crippen molar-refractivity contribution in [3.05, 3.63) is 105 Å². The fraction of sp³-hybridized carbons (Fsp3) is 0.231. The number of benzene rings is 3. The molecule has 1 heterocycles. The van der Waals surface area contributed by atoms with Crippen LogP contribution < -0.4 is 15.5 Å². The van der Waals surface area contributed by atoms with Gasteiger partial charge in [0.05, 0.1) is 4.92 Å². The highest BCUT2D eigenvalue weighted by Gasteiger charge is 2.19. The molecule has 0 saturated heterocycles. The van der Waals surface area contributed by atoms with Crippen LogP contribution in [0.15, 0.2) is 72.8 Å². The molecular weight excluding hydrogens is 432 g/mol. The quantitative estimate of drug-likeness (QED) is 0.397. The van der Waals surface area contributed by atoms with Crippen LogP contribution in [0.1, 0.15) is 34.0 Å². The normalized spacial score (nSPS) is 13.1. The van der Waals surface area contributed by atoms with Gasteiger partial charge in [0, 0.05) is 43.0 Å². The summed E-state index contributed by atoms with van der Waals surface area (Å²) in [6, 6.07) is 21.2. The van der Waals surface area contributed by atoms with Crippen molar-refractivity contribution in [1.29, 1.82) is 0 Å². The van der Waals surface area contributed by atoms with E-state index in [1.54, 1.807) is 6.92 Å². The molecule has 1 aliphatic rings. The van der Waals surface area contributed by atoms with E-state index in [1.165, 1.54) is 41.1 Å². The van der Waals surface area contributed by atoms with Gasteiger partial charge >= 0.3 is 0 Å². The lowest BCUT2D eigenvalue weighted by Gasteiger charge is -2.19. The molecule has 1 atom stereocenters. The van der Waals surface area contributed by atoms with Gasteiger partial charge in [0.1, 0.15) is 6.04 Å². The highest BCUT2D eigenvalue weighted by Crippen LogP contribution is 2.28. The number of nitro groups is 1. The number of anilines is 1. The molecule has 3 aromatic rings. The molecule has 0 bridgehead atoms. The first-order valence-corrected chi connectivity index (χ1v) is 11.1. The highest BCUT2D eigenvalue weighted by molar-refractivity contribution is 5.97. The van der Waals surface area contributed by atoms with Crippen molar-refractivity contribution in [2.24, 2.45) is 0 Å². The molecule has 8 heteroatoms. The van der Waals surface area contributed by atoms with Crippen LogP contribution in [-0.2, 0) is 24.3 Å². The summed E-state index contributed by atoms with van der Waals surface area (Å²) in [5.74, 6) is -0.879.